The number of nitrogens with one attached hydrogen (secondary N) is 1. The standard InChI is InChI=1S/C13H17Cl2NO/c1-9(16-11-4-6-17-7-5-11)12-8-10(14)2-3-13(12)15/h2-3,8-9,11,16H,4-7H2,1H3. The van der Waals surface area contributed by atoms with Gasteiger partial charge in [-0.3, -0.25) is 0 Å². The van der Waals surface area contributed by atoms with Crippen LogP contribution in [0.25, 0.3) is 0 Å². The molecule has 1 atom stereocenters. The molecule has 1 aromatic carbocycles. The summed E-state index contributed by atoms with van der Waals surface area (Å²) in [5.41, 5.74) is 1.06. The second-order valence-electron chi connectivity index (χ2n) is 4.44. The van der Waals surface area contributed by atoms with Crippen molar-refractivity contribution in [3.05, 3.63) is 33.8 Å². The van der Waals surface area contributed by atoms with E-state index in [0.717, 1.165) is 41.7 Å². The quantitative estimate of drug-likeness (QED) is 0.904. The number of benzene rings is 1. The number of ether oxygens (including phenoxy) is 1. The van der Waals surface area contributed by atoms with Crippen molar-refractivity contribution in [3.8, 4) is 0 Å². The van der Waals surface area contributed by atoms with E-state index in [1.807, 2.05) is 18.2 Å². The van der Waals surface area contributed by atoms with Gasteiger partial charge in [-0.15, -0.1) is 0 Å². The van der Waals surface area contributed by atoms with Gasteiger partial charge in [0.2, 0.25) is 0 Å². The van der Waals surface area contributed by atoms with Gasteiger partial charge in [-0.05, 0) is 43.5 Å². The maximum atomic E-state index is 6.19. The fraction of sp³-hybridized carbons (Fsp3) is 0.538. The molecule has 0 aliphatic carbocycles. The van der Waals surface area contributed by atoms with Crippen molar-refractivity contribution in [2.75, 3.05) is 13.2 Å². The summed E-state index contributed by atoms with van der Waals surface area (Å²) in [6, 6.07) is 6.31. The SMILES string of the molecule is CC(NC1CCOCC1)c1cc(Cl)ccc1Cl. The van der Waals surface area contributed by atoms with Crippen LogP contribution in [0.1, 0.15) is 31.4 Å². The van der Waals surface area contributed by atoms with E-state index in [-0.39, 0.29) is 6.04 Å². The molecule has 0 aromatic heterocycles. The van der Waals surface area contributed by atoms with Gasteiger partial charge in [-0.25, -0.2) is 0 Å². The maximum absolute atomic E-state index is 6.19. The maximum Gasteiger partial charge on any atom is 0.0480 e. The molecule has 1 aromatic rings. The molecule has 1 fully saturated rings. The van der Waals surface area contributed by atoms with Crippen LogP contribution in [0.15, 0.2) is 18.2 Å². The van der Waals surface area contributed by atoms with Crippen molar-refractivity contribution >= 4 is 23.2 Å². The summed E-state index contributed by atoms with van der Waals surface area (Å²) < 4.78 is 5.34. The molecule has 0 bridgehead atoms. The normalized spacial score (nSPS) is 19.2. The van der Waals surface area contributed by atoms with Crippen molar-refractivity contribution in [1.82, 2.24) is 5.32 Å². The van der Waals surface area contributed by atoms with E-state index < -0.39 is 0 Å². The first-order chi connectivity index (χ1) is 8.16. The second kappa shape index (κ2) is 6.05. The van der Waals surface area contributed by atoms with Crippen LogP contribution in [0.3, 0.4) is 0 Å². The zero-order chi connectivity index (χ0) is 12.3. The molecule has 1 aliphatic rings. The van der Waals surface area contributed by atoms with E-state index in [4.69, 9.17) is 27.9 Å². The zero-order valence-corrected chi connectivity index (χ0v) is 11.4. The molecular weight excluding hydrogens is 257 g/mol. The minimum absolute atomic E-state index is 0.212. The minimum atomic E-state index is 0.212. The van der Waals surface area contributed by atoms with Crippen molar-refractivity contribution in [3.63, 3.8) is 0 Å². The van der Waals surface area contributed by atoms with Crippen molar-refractivity contribution in [1.29, 1.82) is 0 Å². The van der Waals surface area contributed by atoms with Crippen LogP contribution in [0.4, 0.5) is 0 Å². The van der Waals surface area contributed by atoms with Gasteiger partial charge in [0.1, 0.15) is 0 Å². The second-order valence-corrected chi connectivity index (χ2v) is 5.28. The number of halogens is 2. The molecular formula is C13H17Cl2NO. The van der Waals surface area contributed by atoms with E-state index >= 15 is 0 Å². The molecule has 2 rings (SSSR count). The summed E-state index contributed by atoms with van der Waals surface area (Å²) in [5.74, 6) is 0. The van der Waals surface area contributed by atoms with Crippen LogP contribution in [-0.4, -0.2) is 19.3 Å². The lowest BCUT2D eigenvalue weighted by atomic mass is 10.0. The van der Waals surface area contributed by atoms with Gasteiger partial charge in [0.05, 0.1) is 0 Å². The summed E-state index contributed by atoms with van der Waals surface area (Å²) >= 11 is 12.2. The topological polar surface area (TPSA) is 21.3 Å². The van der Waals surface area contributed by atoms with E-state index in [1.165, 1.54) is 0 Å². The molecule has 17 heavy (non-hydrogen) atoms. The number of hydrogen-bond acceptors (Lipinski definition) is 2. The molecule has 1 aliphatic heterocycles. The van der Waals surface area contributed by atoms with Gasteiger partial charge >= 0.3 is 0 Å². The highest BCUT2D eigenvalue weighted by molar-refractivity contribution is 6.33. The lowest BCUT2D eigenvalue weighted by molar-refractivity contribution is 0.0754. The molecule has 1 N–H and O–H groups in total. The highest BCUT2D eigenvalue weighted by Crippen LogP contribution is 2.27. The van der Waals surface area contributed by atoms with E-state index in [0.29, 0.717) is 6.04 Å². The van der Waals surface area contributed by atoms with Gasteiger partial charge < -0.3 is 10.1 Å². The van der Waals surface area contributed by atoms with Crippen LogP contribution in [0.5, 0.6) is 0 Å². The smallest absolute Gasteiger partial charge is 0.0480 e. The molecule has 0 amide bonds. The fourth-order valence-electron chi connectivity index (χ4n) is 2.15. The lowest BCUT2D eigenvalue weighted by Gasteiger charge is -2.27. The third-order valence-electron chi connectivity index (χ3n) is 3.13. The number of hydrogen-bond donors (Lipinski definition) is 1. The van der Waals surface area contributed by atoms with Gasteiger partial charge in [0, 0.05) is 35.3 Å². The lowest BCUT2D eigenvalue weighted by Crippen LogP contribution is -2.36. The molecule has 0 radical (unpaired) electrons. The Kier molecular flexibility index (Phi) is 4.69. The average Bonchev–Trinajstić information content (AvgIpc) is 2.33. The Morgan fingerprint density at radius 3 is 2.71 bits per heavy atom. The van der Waals surface area contributed by atoms with Crippen molar-refractivity contribution < 1.29 is 4.74 Å². The molecule has 4 heteroatoms. The Balaban J connectivity index is 2.02. The Morgan fingerprint density at radius 2 is 2.00 bits per heavy atom. The van der Waals surface area contributed by atoms with E-state index in [9.17, 15) is 0 Å². The Hall–Kier alpha value is -0.280. The predicted molar refractivity (Wildman–Crippen MR) is 71.9 cm³/mol. The first kappa shape index (κ1) is 13.2. The summed E-state index contributed by atoms with van der Waals surface area (Å²) in [6.07, 6.45) is 2.12. The van der Waals surface area contributed by atoms with Crippen LogP contribution in [0.2, 0.25) is 10.0 Å². The molecule has 1 heterocycles. The van der Waals surface area contributed by atoms with Gasteiger partial charge in [-0.1, -0.05) is 23.2 Å². The van der Waals surface area contributed by atoms with E-state index in [1.54, 1.807) is 0 Å². The van der Waals surface area contributed by atoms with Crippen LogP contribution >= 0.6 is 23.2 Å². The van der Waals surface area contributed by atoms with Crippen molar-refractivity contribution in [2.24, 2.45) is 0 Å². The van der Waals surface area contributed by atoms with Gasteiger partial charge in [0.25, 0.3) is 0 Å². The molecule has 1 saturated heterocycles. The summed E-state index contributed by atoms with van der Waals surface area (Å²) in [6.45, 7) is 3.80. The van der Waals surface area contributed by atoms with E-state index in [2.05, 4.69) is 12.2 Å². The first-order valence-electron chi connectivity index (χ1n) is 5.95. The van der Waals surface area contributed by atoms with Gasteiger partial charge in [0.15, 0.2) is 0 Å². The highest BCUT2D eigenvalue weighted by atomic mass is 35.5. The Labute approximate surface area is 112 Å². The third-order valence-corrected chi connectivity index (χ3v) is 3.71. The van der Waals surface area contributed by atoms with Crippen LogP contribution < -0.4 is 5.32 Å². The monoisotopic (exact) mass is 273 g/mol. The third kappa shape index (κ3) is 3.59. The molecule has 94 valence electrons. The van der Waals surface area contributed by atoms with Crippen LogP contribution in [0, 0.1) is 0 Å². The average molecular weight is 274 g/mol. The van der Waals surface area contributed by atoms with Gasteiger partial charge in [-0.2, -0.15) is 0 Å². The largest absolute Gasteiger partial charge is 0.381 e. The summed E-state index contributed by atoms with van der Waals surface area (Å²) in [4.78, 5) is 0. The fourth-order valence-corrected chi connectivity index (χ4v) is 2.62. The zero-order valence-electron chi connectivity index (χ0n) is 9.88. The summed E-state index contributed by atoms with van der Waals surface area (Å²) in [7, 11) is 0. The number of rotatable bonds is 3. The molecule has 2 nitrogen and oxygen atoms in total. The van der Waals surface area contributed by atoms with Crippen LogP contribution in [-0.2, 0) is 4.74 Å². The highest BCUT2D eigenvalue weighted by Gasteiger charge is 2.18. The summed E-state index contributed by atoms with van der Waals surface area (Å²) in [5, 5.41) is 5.07. The minimum Gasteiger partial charge on any atom is -0.381 e. The predicted octanol–water partition coefficient (Wildman–Crippen LogP) is 3.82. The Morgan fingerprint density at radius 1 is 1.29 bits per heavy atom. The molecule has 0 saturated carbocycles. The molecule has 1 unspecified atom stereocenters. The Bertz CT molecular complexity index is 378. The van der Waals surface area contributed by atoms with Crippen molar-refractivity contribution in [2.45, 2.75) is 31.8 Å². The first-order valence-corrected chi connectivity index (χ1v) is 6.71. The molecule has 0 spiro atoms.